The number of aromatic amines is 2. The SMILES string of the molecule is CC(CO)NC1CCCC(=O)C1.CC(CO)NC1CCCC(NC(C)CO)C1.CCC(N)C(C)NC1CCCC(=O)C1.CCC(N)C(C)NC1CCCC(NC(C)C(C)N)C1.CCC1=C(C)C2=C(C1)c1c([nH]c(CC)c1C)CC2.CCc1[nH]c2c(c1C)C(=O)CCC2. The smallest absolute Gasteiger partial charge is 0.164 e. The molecule has 0 radical (unpaired) electrons. The van der Waals surface area contributed by atoms with Crippen molar-refractivity contribution in [1.82, 2.24) is 41.9 Å². The van der Waals surface area contributed by atoms with Gasteiger partial charge in [-0.1, -0.05) is 53.0 Å². The standard InChI is InChI=1S/C17H23N.C15H34N4.C12H26N2O2.C11H22N2O.C11H15NO.C9H17NO2/c1-5-12-9-14-13(10(12)3)7-8-16-17(14)11(4)15(6-2)18-16;1-5-15(17)12(4)19-14-8-6-7-13(9-14)18-11(3)10(2)16;1-9(7-15)13-11-4-3-5-12(6-11)14-10(2)8-16;1-3-11(12)8(2)13-9-5-4-6-10(14)7-9;1-3-8-7(2)11-9(12-8)5-4-6-10(11)13;1-7(6-11)10-8-3-2-4-9(12)5-8/h18H,5-9H2,1-4H3;10-15,18-19H,5-9,16-17H2,1-4H3;9-16H,3-8H2,1-2H3;8-9,11,13H,3-7,12H2,1-2H3;12H,3-6H2,1-2H3;7-8,10-11H,2-6H2,1H3. The third kappa shape index (κ3) is 26.2. The molecule has 15 atom stereocenters. The molecule has 15 unspecified atom stereocenters. The van der Waals surface area contributed by atoms with Gasteiger partial charge in [0.2, 0.25) is 0 Å². The van der Waals surface area contributed by atoms with Gasteiger partial charge in [0.15, 0.2) is 5.78 Å². The van der Waals surface area contributed by atoms with Crippen LogP contribution in [0.25, 0.3) is 5.57 Å². The fourth-order valence-electron chi connectivity index (χ4n) is 14.9. The van der Waals surface area contributed by atoms with Crippen molar-refractivity contribution in [3.05, 3.63) is 61.7 Å². The van der Waals surface area contributed by atoms with E-state index in [9.17, 15) is 14.4 Å². The molecule has 7 aliphatic rings. The minimum atomic E-state index is 0.112. The number of aliphatic hydroxyl groups excluding tert-OH is 3. The number of carbonyl (C=O) groups excluding carboxylic acids is 3. The zero-order valence-corrected chi connectivity index (χ0v) is 60.7. The summed E-state index contributed by atoms with van der Waals surface area (Å²) in [5.74, 6) is 1.07. The number of carbonyl (C=O) groups is 3. The maximum Gasteiger partial charge on any atom is 0.164 e. The monoisotopic (exact) mass is 1290 g/mol. The maximum atomic E-state index is 11.6. The number of aryl methyl sites for hydroxylation is 4. The van der Waals surface area contributed by atoms with Crippen molar-refractivity contribution in [2.24, 2.45) is 17.2 Å². The number of aromatic nitrogens is 2. The van der Waals surface area contributed by atoms with Gasteiger partial charge in [0.25, 0.3) is 0 Å². The van der Waals surface area contributed by atoms with E-state index in [4.69, 9.17) is 32.5 Å². The highest BCUT2D eigenvalue weighted by molar-refractivity contribution is 6.00. The van der Waals surface area contributed by atoms with Gasteiger partial charge in [0, 0.05) is 157 Å². The Morgan fingerprint density at radius 3 is 1.27 bits per heavy atom. The molecule has 2 aromatic heterocycles. The number of fused-ring (bicyclic) bond motifs is 3. The summed E-state index contributed by atoms with van der Waals surface area (Å²) in [6, 6.07) is 5.10. The van der Waals surface area contributed by atoms with Crippen molar-refractivity contribution in [2.75, 3.05) is 19.8 Å². The van der Waals surface area contributed by atoms with Crippen LogP contribution >= 0.6 is 0 Å². The molecule has 4 fully saturated rings. The summed E-state index contributed by atoms with van der Waals surface area (Å²) in [6.45, 7) is 32.6. The predicted molar refractivity (Wildman–Crippen MR) is 384 cm³/mol. The van der Waals surface area contributed by atoms with Crippen molar-refractivity contribution in [3.63, 3.8) is 0 Å². The van der Waals surface area contributed by atoms with Crippen LogP contribution in [0, 0.1) is 13.8 Å². The third-order valence-electron chi connectivity index (χ3n) is 21.0. The van der Waals surface area contributed by atoms with Crippen molar-refractivity contribution < 1.29 is 29.7 Å². The van der Waals surface area contributed by atoms with E-state index in [0.717, 1.165) is 95.5 Å². The molecule has 0 bridgehead atoms. The van der Waals surface area contributed by atoms with Crippen molar-refractivity contribution in [1.29, 1.82) is 0 Å². The molecule has 7 aliphatic carbocycles. The average molecular weight is 1290 g/mol. The van der Waals surface area contributed by atoms with Crippen LogP contribution in [0.1, 0.15) is 288 Å². The Morgan fingerprint density at radius 2 is 0.859 bits per heavy atom. The van der Waals surface area contributed by atoms with Crippen LogP contribution in [0.15, 0.2) is 16.7 Å². The normalized spacial score (nSPS) is 25.1. The first-order chi connectivity index (χ1) is 43.8. The lowest BCUT2D eigenvalue weighted by molar-refractivity contribution is -0.121. The number of H-pyrrole nitrogens is 2. The van der Waals surface area contributed by atoms with Gasteiger partial charge in [-0.05, 0) is 226 Å². The molecule has 528 valence electrons. The molecule has 17 heteroatoms. The van der Waals surface area contributed by atoms with Gasteiger partial charge in [-0.25, -0.2) is 0 Å². The first kappa shape index (κ1) is 81.0. The van der Waals surface area contributed by atoms with Crippen LogP contribution in [0.2, 0.25) is 0 Å². The van der Waals surface area contributed by atoms with E-state index in [1.807, 2.05) is 20.8 Å². The zero-order chi connectivity index (χ0) is 68.2. The average Bonchev–Trinajstić information content (AvgIpc) is 1.61. The molecule has 0 saturated heterocycles. The predicted octanol–water partition coefficient (Wildman–Crippen LogP) is 10.4. The van der Waals surface area contributed by atoms with Gasteiger partial charge >= 0.3 is 0 Å². The van der Waals surface area contributed by atoms with Crippen LogP contribution in [-0.2, 0) is 35.3 Å². The van der Waals surface area contributed by atoms with E-state index in [2.05, 4.69) is 125 Å². The highest BCUT2D eigenvalue weighted by Crippen LogP contribution is 2.47. The molecule has 4 saturated carbocycles. The summed E-state index contributed by atoms with van der Waals surface area (Å²) in [6.07, 6.45) is 28.5. The lowest BCUT2D eigenvalue weighted by Crippen LogP contribution is -2.53. The van der Waals surface area contributed by atoms with Gasteiger partial charge < -0.3 is 74.4 Å². The van der Waals surface area contributed by atoms with Gasteiger partial charge in [-0.3, -0.25) is 14.4 Å². The lowest BCUT2D eigenvalue weighted by Gasteiger charge is -2.35. The topological polar surface area (TPSA) is 294 Å². The molecule has 17 N–H and O–H groups in total. The van der Waals surface area contributed by atoms with Crippen molar-refractivity contribution >= 4 is 22.9 Å². The minimum absolute atomic E-state index is 0.112. The fraction of sp³-hybridized carbons (Fsp3) is 0.800. The molecular weight excluding hydrogens is 1150 g/mol. The van der Waals surface area contributed by atoms with Crippen LogP contribution in [0.5, 0.6) is 0 Å². The second-order valence-corrected chi connectivity index (χ2v) is 28.8. The van der Waals surface area contributed by atoms with Gasteiger partial charge in [-0.15, -0.1) is 0 Å². The van der Waals surface area contributed by atoms with Crippen LogP contribution < -0.4 is 49.1 Å². The van der Waals surface area contributed by atoms with E-state index in [0.29, 0.717) is 84.6 Å². The minimum Gasteiger partial charge on any atom is -0.395 e. The highest BCUT2D eigenvalue weighted by atomic mass is 16.3. The molecule has 92 heavy (non-hydrogen) atoms. The van der Waals surface area contributed by atoms with Gasteiger partial charge in [0.05, 0.1) is 19.8 Å². The Morgan fingerprint density at radius 1 is 0.457 bits per heavy atom. The molecule has 0 aromatic carbocycles. The Kier molecular flexibility index (Phi) is 37.2. The highest BCUT2D eigenvalue weighted by Gasteiger charge is 2.31. The molecule has 0 aliphatic heterocycles. The van der Waals surface area contributed by atoms with E-state index in [-0.39, 0.29) is 56.1 Å². The first-order valence-electron chi connectivity index (χ1n) is 36.9. The first-order valence-corrected chi connectivity index (χ1v) is 36.9. The van der Waals surface area contributed by atoms with E-state index < -0.39 is 0 Å². The number of rotatable bonds is 23. The summed E-state index contributed by atoms with van der Waals surface area (Å²) in [7, 11) is 0. The summed E-state index contributed by atoms with van der Waals surface area (Å²) in [5.41, 5.74) is 35.1. The second-order valence-electron chi connectivity index (χ2n) is 28.8. The second kappa shape index (κ2) is 42.3. The molecule has 2 heterocycles. The van der Waals surface area contributed by atoms with E-state index >= 15 is 0 Å². The van der Waals surface area contributed by atoms with Crippen LogP contribution in [0.3, 0.4) is 0 Å². The third-order valence-corrected chi connectivity index (χ3v) is 21.0. The number of hydrogen-bond donors (Lipinski definition) is 14. The summed E-state index contributed by atoms with van der Waals surface area (Å²) < 4.78 is 0. The number of allylic oxidation sites excluding steroid dienone is 4. The van der Waals surface area contributed by atoms with Crippen molar-refractivity contribution in [2.45, 2.75) is 368 Å². The van der Waals surface area contributed by atoms with Crippen molar-refractivity contribution in [3.8, 4) is 0 Å². The molecule has 2 aromatic rings. The van der Waals surface area contributed by atoms with Gasteiger partial charge in [-0.2, -0.15) is 0 Å². The Bertz CT molecular complexity index is 2540. The van der Waals surface area contributed by atoms with Gasteiger partial charge in [0.1, 0.15) is 11.6 Å². The maximum absolute atomic E-state index is 11.6. The molecule has 17 nitrogen and oxygen atoms in total. The Balaban J connectivity index is 0.000000237. The molecule has 0 spiro atoms. The zero-order valence-electron chi connectivity index (χ0n) is 60.7. The number of nitrogens with two attached hydrogens (primary N) is 3. The Hall–Kier alpha value is -3.43. The summed E-state index contributed by atoms with van der Waals surface area (Å²) in [4.78, 5) is 40.9. The van der Waals surface area contributed by atoms with E-state index in [1.54, 1.807) is 27.9 Å². The molecular formula is C75H137N11O6. The molecule has 9 rings (SSSR count). The fourth-order valence-corrected chi connectivity index (χ4v) is 14.9. The Labute approximate surface area is 558 Å². The number of hydrogen-bond acceptors (Lipinski definition) is 15. The molecule has 0 amide bonds. The number of Topliss-reactive ketones (excluding diaryl/α,β-unsaturated/α-hetero) is 3. The van der Waals surface area contributed by atoms with E-state index in [1.165, 1.54) is 105 Å². The number of aliphatic hydroxyl groups is 3. The van der Waals surface area contributed by atoms with Crippen LogP contribution in [-0.4, -0.2) is 153 Å². The summed E-state index contributed by atoms with van der Waals surface area (Å²) in [5, 5.41) is 47.7. The number of ketones is 3. The summed E-state index contributed by atoms with van der Waals surface area (Å²) >= 11 is 0. The largest absolute Gasteiger partial charge is 0.395 e. The van der Waals surface area contributed by atoms with Crippen LogP contribution in [0.4, 0.5) is 0 Å². The quantitative estimate of drug-likeness (QED) is 0.0492. The lowest BCUT2D eigenvalue weighted by atomic mass is 9.87. The number of nitrogens with one attached hydrogen (secondary N) is 8.